The van der Waals surface area contributed by atoms with Crippen LogP contribution in [-0.2, 0) is 4.74 Å². The van der Waals surface area contributed by atoms with Crippen molar-refractivity contribution in [1.29, 1.82) is 0 Å². The number of carboxylic acids is 3. The molecular formula is C20H20O8. The van der Waals surface area contributed by atoms with Crippen molar-refractivity contribution >= 4 is 23.9 Å². The van der Waals surface area contributed by atoms with Crippen LogP contribution in [0.4, 0.5) is 0 Å². The molecule has 148 valence electrons. The summed E-state index contributed by atoms with van der Waals surface area (Å²) >= 11 is 0. The summed E-state index contributed by atoms with van der Waals surface area (Å²) in [7, 11) is 0. The van der Waals surface area contributed by atoms with Crippen LogP contribution in [0, 0.1) is 0 Å². The van der Waals surface area contributed by atoms with Crippen LogP contribution < -0.4 is 0 Å². The maximum Gasteiger partial charge on any atom is 0.338 e. The lowest BCUT2D eigenvalue weighted by molar-refractivity contribution is 0.0499. The Bertz CT molecular complexity index is 807. The first kappa shape index (κ1) is 22.4. The standard InChI is InChI=1S/C12H14O4.C8H6O4/c1-2-3-7-16-12(15)10-6-4-5-9(8-10)11(13)14;9-7(10)5-1-2-6(4-3-5)8(11)12/h4-6,8H,2-3,7H2,1H3,(H,13,14);1-4H,(H,9,10)(H,11,12). The highest BCUT2D eigenvalue weighted by atomic mass is 16.5. The van der Waals surface area contributed by atoms with E-state index in [9.17, 15) is 19.2 Å². The van der Waals surface area contributed by atoms with Gasteiger partial charge in [-0.3, -0.25) is 0 Å². The molecule has 0 unspecified atom stereocenters. The maximum atomic E-state index is 11.5. The number of benzene rings is 2. The van der Waals surface area contributed by atoms with E-state index in [-0.39, 0.29) is 22.3 Å². The van der Waals surface area contributed by atoms with Crippen molar-refractivity contribution in [2.24, 2.45) is 0 Å². The van der Waals surface area contributed by atoms with Crippen LogP contribution in [0.2, 0.25) is 0 Å². The molecule has 8 nitrogen and oxygen atoms in total. The van der Waals surface area contributed by atoms with Gasteiger partial charge in [-0.1, -0.05) is 19.4 Å². The van der Waals surface area contributed by atoms with Crippen molar-refractivity contribution in [1.82, 2.24) is 0 Å². The zero-order valence-corrected chi connectivity index (χ0v) is 15.1. The molecule has 3 N–H and O–H groups in total. The zero-order valence-electron chi connectivity index (χ0n) is 15.1. The molecule has 0 aromatic heterocycles. The fourth-order valence-electron chi connectivity index (χ4n) is 1.93. The molecule has 2 aromatic carbocycles. The molecule has 0 fully saturated rings. The van der Waals surface area contributed by atoms with Crippen LogP contribution in [0.5, 0.6) is 0 Å². The lowest BCUT2D eigenvalue weighted by Crippen LogP contribution is -2.07. The average Bonchev–Trinajstić information content (AvgIpc) is 2.68. The van der Waals surface area contributed by atoms with Gasteiger partial charge in [0.15, 0.2) is 0 Å². The Morgan fingerprint density at radius 3 is 1.64 bits per heavy atom. The summed E-state index contributed by atoms with van der Waals surface area (Å²) in [6, 6.07) is 10.8. The van der Waals surface area contributed by atoms with Crippen molar-refractivity contribution in [3.8, 4) is 0 Å². The molecule has 0 spiro atoms. The molecule has 0 atom stereocenters. The second-order valence-corrected chi connectivity index (χ2v) is 5.56. The van der Waals surface area contributed by atoms with Gasteiger partial charge in [-0.05, 0) is 48.9 Å². The fourth-order valence-corrected chi connectivity index (χ4v) is 1.93. The van der Waals surface area contributed by atoms with Gasteiger partial charge < -0.3 is 20.1 Å². The van der Waals surface area contributed by atoms with Crippen molar-refractivity contribution < 1.29 is 39.2 Å². The molecule has 0 radical (unpaired) electrons. The first-order valence-electron chi connectivity index (χ1n) is 8.33. The van der Waals surface area contributed by atoms with E-state index in [1.54, 1.807) is 6.07 Å². The van der Waals surface area contributed by atoms with Gasteiger partial charge in [0, 0.05) is 0 Å². The van der Waals surface area contributed by atoms with Gasteiger partial charge in [-0.25, -0.2) is 19.2 Å². The topological polar surface area (TPSA) is 138 Å². The van der Waals surface area contributed by atoms with Crippen LogP contribution in [0.25, 0.3) is 0 Å². The number of esters is 1. The van der Waals surface area contributed by atoms with Crippen LogP contribution in [0.3, 0.4) is 0 Å². The van der Waals surface area contributed by atoms with Crippen molar-refractivity contribution in [2.75, 3.05) is 6.61 Å². The number of carbonyl (C=O) groups is 4. The number of hydrogen-bond donors (Lipinski definition) is 3. The highest BCUT2D eigenvalue weighted by Gasteiger charge is 2.10. The van der Waals surface area contributed by atoms with Crippen LogP contribution >= 0.6 is 0 Å². The summed E-state index contributed by atoms with van der Waals surface area (Å²) in [5, 5.41) is 25.7. The lowest BCUT2D eigenvalue weighted by Gasteiger charge is -2.04. The third-order valence-corrected chi connectivity index (χ3v) is 3.46. The molecule has 0 aliphatic rings. The number of rotatable bonds is 7. The third kappa shape index (κ3) is 7.28. The van der Waals surface area contributed by atoms with Gasteiger partial charge in [0.25, 0.3) is 0 Å². The summed E-state index contributed by atoms with van der Waals surface area (Å²) in [6.07, 6.45) is 1.76. The molecule has 0 aliphatic carbocycles. The number of hydrogen-bond acceptors (Lipinski definition) is 5. The second kappa shape index (κ2) is 11.1. The van der Waals surface area contributed by atoms with Gasteiger partial charge in [0.2, 0.25) is 0 Å². The molecule has 28 heavy (non-hydrogen) atoms. The molecule has 0 heterocycles. The first-order valence-corrected chi connectivity index (χ1v) is 8.33. The molecule has 2 aromatic rings. The number of carboxylic acid groups (broad SMARTS) is 3. The molecule has 8 heteroatoms. The Labute approximate surface area is 161 Å². The molecule has 0 aliphatic heterocycles. The van der Waals surface area contributed by atoms with E-state index in [1.165, 1.54) is 42.5 Å². The smallest absolute Gasteiger partial charge is 0.338 e. The number of aromatic carboxylic acids is 3. The number of ether oxygens (including phenoxy) is 1. The van der Waals surface area contributed by atoms with Crippen molar-refractivity contribution in [3.05, 3.63) is 70.8 Å². The molecular weight excluding hydrogens is 368 g/mol. The highest BCUT2D eigenvalue weighted by Crippen LogP contribution is 2.07. The van der Waals surface area contributed by atoms with Crippen molar-refractivity contribution in [2.45, 2.75) is 19.8 Å². The Balaban J connectivity index is 0.000000292. The summed E-state index contributed by atoms with van der Waals surface area (Å²) in [5.41, 5.74) is 0.529. The van der Waals surface area contributed by atoms with E-state index < -0.39 is 23.9 Å². The Morgan fingerprint density at radius 2 is 1.21 bits per heavy atom. The minimum Gasteiger partial charge on any atom is -0.478 e. The zero-order chi connectivity index (χ0) is 21.1. The van der Waals surface area contributed by atoms with E-state index in [0.717, 1.165) is 12.8 Å². The number of unbranched alkanes of at least 4 members (excludes halogenated alkanes) is 1. The van der Waals surface area contributed by atoms with Crippen LogP contribution in [0.1, 0.15) is 61.2 Å². The van der Waals surface area contributed by atoms with E-state index in [1.807, 2.05) is 6.92 Å². The van der Waals surface area contributed by atoms with Gasteiger partial charge in [0.05, 0.1) is 28.9 Å². The van der Waals surface area contributed by atoms with E-state index >= 15 is 0 Å². The second-order valence-electron chi connectivity index (χ2n) is 5.56. The van der Waals surface area contributed by atoms with E-state index in [0.29, 0.717) is 6.61 Å². The predicted molar refractivity (Wildman–Crippen MR) is 99.0 cm³/mol. The minimum atomic E-state index is -1.06. The Hall–Kier alpha value is -3.68. The molecule has 0 saturated heterocycles. The predicted octanol–water partition coefficient (Wildman–Crippen LogP) is 3.42. The van der Waals surface area contributed by atoms with Gasteiger partial charge >= 0.3 is 23.9 Å². The third-order valence-electron chi connectivity index (χ3n) is 3.46. The first-order chi connectivity index (χ1) is 13.3. The van der Waals surface area contributed by atoms with Crippen LogP contribution in [-0.4, -0.2) is 45.8 Å². The summed E-state index contributed by atoms with van der Waals surface area (Å²) < 4.78 is 4.97. The summed E-state index contributed by atoms with van der Waals surface area (Å²) in [5.74, 6) is -3.65. The fraction of sp³-hybridized carbons (Fsp3) is 0.200. The van der Waals surface area contributed by atoms with E-state index in [2.05, 4.69) is 0 Å². The summed E-state index contributed by atoms with van der Waals surface area (Å²) in [6.45, 7) is 2.37. The van der Waals surface area contributed by atoms with Gasteiger partial charge in [-0.2, -0.15) is 0 Å². The minimum absolute atomic E-state index is 0.0833. The normalized spacial score (nSPS) is 9.61. The SMILES string of the molecule is CCCCOC(=O)c1cccc(C(=O)O)c1.O=C(O)c1ccc(C(=O)O)cc1. The largest absolute Gasteiger partial charge is 0.478 e. The number of carbonyl (C=O) groups excluding carboxylic acids is 1. The summed E-state index contributed by atoms with van der Waals surface area (Å²) in [4.78, 5) is 42.8. The lowest BCUT2D eigenvalue weighted by atomic mass is 10.1. The Kier molecular flexibility index (Phi) is 8.88. The molecule has 0 amide bonds. The van der Waals surface area contributed by atoms with Crippen LogP contribution in [0.15, 0.2) is 48.5 Å². The molecule has 0 saturated carbocycles. The molecule has 0 bridgehead atoms. The van der Waals surface area contributed by atoms with E-state index in [4.69, 9.17) is 20.1 Å². The molecule has 2 rings (SSSR count). The quantitative estimate of drug-likeness (QED) is 0.484. The Morgan fingerprint density at radius 1 is 0.750 bits per heavy atom. The maximum absolute atomic E-state index is 11.5. The highest BCUT2D eigenvalue weighted by molar-refractivity contribution is 5.94. The van der Waals surface area contributed by atoms with Gasteiger partial charge in [-0.15, -0.1) is 0 Å². The monoisotopic (exact) mass is 388 g/mol. The van der Waals surface area contributed by atoms with Gasteiger partial charge in [0.1, 0.15) is 0 Å². The average molecular weight is 388 g/mol. The van der Waals surface area contributed by atoms with Crippen molar-refractivity contribution in [3.63, 3.8) is 0 Å².